The Kier molecular flexibility index (Phi) is 4.20. The van der Waals surface area contributed by atoms with Gasteiger partial charge >= 0.3 is 0 Å². The van der Waals surface area contributed by atoms with Crippen molar-refractivity contribution in [3.05, 3.63) is 29.8 Å². The first-order valence-electron chi connectivity index (χ1n) is 2.50. The average molecular weight is 355 g/mol. The van der Waals surface area contributed by atoms with E-state index < -0.39 is 0 Å². The summed E-state index contributed by atoms with van der Waals surface area (Å²) in [7, 11) is 0. The SMILES string of the molecule is N#Cc1[c-]cc(N)cc1.[U]. The largest absolute Gasteiger partial charge is 0.436 e. The molecule has 0 bridgehead atoms. The molecule has 0 saturated heterocycles. The second-order valence-corrected chi connectivity index (χ2v) is 1.65. The Morgan fingerprint density at radius 2 is 2.20 bits per heavy atom. The first-order valence-corrected chi connectivity index (χ1v) is 2.50. The van der Waals surface area contributed by atoms with Crippen molar-refractivity contribution in [2.45, 2.75) is 0 Å². The van der Waals surface area contributed by atoms with E-state index in [1.807, 2.05) is 6.07 Å². The molecule has 0 aliphatic heterocycles. The molecular formula is C7H5N2U-. The van der Waals surface area contributed by atoms with E-state index in [2.05, 4.69) is 6.07 Å². The van der Waals surface area contributed by atoms with E-state index in [0.29, 0.717) is 11.3 Å². The van der Waals surface area contributed by atoms with Gasteiger partial charge in [0.25, 0.3) is 0 Å². The summed E-state index contributed by atoms with van der Waals surface area (Å²) in [5.74, 6) is 0. The zero-order chi connectivity index (χ0) is 6.69. The smallest absolute Gasteiger partial charge is 0 e. The topological polar surface area (TPSA) is 49.8 Å². The summed E-state index contributed by atoms with van der Waals surface area (Å²) in [6.07, 6.45) is 0. The quantitative estimate of drug-likeness (QED) is 0.556. The van der Waals surface area contributed by atoms with Gasteiger partial charge in [-0.1, -0.05) is 11.3 Å². The van der Waals surface area contributed by atoms with Gasteiger partial charge in [-0.15, -0.1) is 24.3 Å². The van der Waals surface area contributed by atoms with Gasteiger partial charge in [-0.25, -0.2) is 0 Å². The summed E-state index contributed by atoms with van der Waals surface area (Å²) in [5, 5.41) is 8.31. The third-order valence-electron chi connectivity index (χ3n) is 0.957. The van der Waals surface area contributed by atoms with Gasteiger partial charge in [0.2, 0.25) is 0 Å². The Hall–Kier alpha value is -0.438. The molecular weight excluding hydrogens is 350 g/mol. The van der Waals surface area contributed by atoms with Crippen molar-refractivity contribution >= 4 is 5.69 Å². The number of benzene rings is 1. The van der Waals surface area contributed by atoms with Crippen LogP contribution in [0.4, 0.5) is 5.69 Å². The van der Waals surface area contributed by atoms with Crippen molar-refractivity contribution in [3.63, 3.8) is 0 Å². The maximum Gasteiger partial charge on any atom is 0 e. The first-order chi connectivity index (χ1) is 4.33. The Bertz CT molecular complexity index is 235. The van der Waals surface area contributed by atoms with Crippen molar-refractivity contribution < 1.29 is 31.1 Å². The molecule has 1 rings (SSSR count). The van der Waals surface area contributed by atoms with Gasteiger partial charge in [0.15, 0.2) is 0 Å². The molecule has 0 spiro atoms. The molecule has 0 radical (unpaired) electrons. The number of anilines is 1. The van der Waals surface area contributed by atoms with Crippen LogP contribution in [0, 0.1) is 48.5 Å². The minimum atomic E-state index is 0. The molecule has 1 aromatic rings. The Morgan fingerprint density at radius 1 is 1.50 bits per heavy atom. The molecule has 2 nitrogen and oxygen atoms in total. The van der Waals surface area contributed by atoms with Crippen LogP contribution < -0.4 is 5.73 Å². The van der Waals surface area contributed by atoms with E-state index in [4.69, 9.17) is 11.0 Å². The molecule has 0 atom stereocenters. The second kappa shape index (κ2) is 4.39. The van der Waals surface area contributed by atoms with Gasteiger partial charge in [0.05, 0.1) is 0 Å². The minimum absolute atomic E-state index is 0. The predicted octanol–water partition coefficient (Wildman–Crippen LogP) is 0.941. The molecule has 0 aromatic heterocycles. The normalized spacial score (nSPS) is 7.50. The summed E-state index contributed by atoms with van der Waals surface area (Å²) in [4.78, 5) is 0. The van der Waals surface area contributed by atoms with Gasteiger partial charge in [-0.05, 0) is 6.07 Å². The van der Waals surface area contributed by atoms with Crippen LogP contribution in [0.2, 0.25) is 0 Å². The van der Waals surface area contributed by atoms with Gasteiger partial charge in [0, 0.05) is 31.1 Å². The van der Waals surface area contributed by atoms with Crippen LogP contribution >= 0.6 is 0 Å². The number of nitriles is 1. The number of nitrogen functional groups attached to an aromatic ring is 1. The van der Waals surface area contributed by atoms with Crippen molar-refractivity contribution in [1.82, 2.24) is 0 Å². The summed E-state index contributed by atoms with van der Waals surface area (Å²) in [6, 6.07) is 9.54. The van der Waals surface area contributed by atoms with Crippen LogP contribution in [0.5, 0.6) is 0 Å². The van der Waals surface area contributed by atoms with Crippen LogP contribution in [0.25, 0.3) is 0 Å². The van der Waals surface area contributed by atoms with Crippen molar-refractivity contribution in [2.24, 2.45) is 0 Å². The zero-order valence-corrected chi connectivity index (χ0v) is 9.42. The molecule has 0 amide bonds. The van der Waals surface area contributed by atoms with E-state index >= 15 is 0 Å². The minimum Gasteiger partial charge on any atom is -0.436 e. The molecule has 48 valence electrons. The summed E-state index contributed by atoms with van der Waals surface area (Å²) in [5.41, 5.74) is 6.49. The molecule has 0 unspecified atom stereocenters. The number of nitrogens with zero attached hydrogens (tertiary/aromatic N) is 1. The maximum absolute atomic E-state index is 8.31. The number of hydrogen-bond donors (Lipinski definition) is 1. The second-order valence-electron chi connectivity index (χ2n) is 1.65. The fraction of sp³-hybridized carbons (Fsp3) is 0. The van der Waals surface area contributed by atoms with Crippen LogP contribution in [0.3, 0.4) is 0 Å². The number of nitrogens with two attached hydrogens (primary N) is 1. The summed E-state index contributed by atoms with van der Waals surface area (Å²) >= 11 is 0. The van der Waals surface area contributed by atoms with E-state index in [9.17, 15) is 0 Å². The van der Waals surface area contributed by atoms with Gasteiger partial charge in [0.1, 0.15) is 0 Å². The Morgan fingerprint density at radius 3 is 2.60 bits per heavy atom. The van der Waals surface area contributed by atoms with E-state index in [0.717, 1.165) is 0 Å². The fourth-order valence-electron chi connectivity index (χ4n) is 0.506. The molecule has 0 fully saturated rings. The van der Waals surface area contributed by atoms with Crippen molar-refractivity contribution in [2.75, 3.05) is 5.73 Å². The molecule has 10 heavy (non-hydrogen) atoms. The van der Waals surface area contributed by atoms with E-state index in [1.54, 1.807) is 18.2 Å². The van der Waals surface area contributed by atoms with Crippen LogP contribution in [0.1, 0.15) is 5.56 Å². The summed E-state index contributed by atoms with van der Waals surface area (Å²) < 4.78 is 0. The molecule has 2 N–H and O–H groups in total. The van der Waals surface area contributed by atoms with Gasteiger partial charge < -0.3 is 5.73 Å². The number of rotatable bonds is 0. The molecule has 3 heteroatoms. The van der Waals surface area contributed by atoms with Gasteiger partial charge in [-0.2, -0.15) is 0 Å². The van der Waals surface area contributed by atoms with Crippen LogP contribution in [0.15, 0.2) is 18.2 Å². The fourth-order valence-corrected chi connectivity index (χ4v) is 0.506. The third kappa shape index (κ3) is 2.44. The van der Waals surface area contributed by atoms with E-state index in [-0.39, 0.29) is 31.1 Å². The molecule has 0 aliphatic rings. The van der Waals surface area contributed by atoms with Crippen LogP contribution in [-0.2, 0) is 0 Å². The zero-order valence-electron chi connectivity index (χ0n) is 5.26. The average Bonchev–Trinajstić information content (AvgIpc) is 1.90. The number of hydrogen-bond acceptors (Lipinski definition) is 2. The first kappa shape index (κ1) is 9.56. The molecule has 0 heterocycles. The standard InChI is InChI=1S/C7H5N2.U/c8-5-6-1-3-7(9)4-2-6;/h1,3-4H,9H2;/q-1;. The van der Waals surface area contributed by atoms with Crippen LogP contribution in [-0.4, -0.2) is 0 Å². The maximum atomic E-state index is 8.31. The van der Waals surface area contributed by atoms with Crippen molar-refractivity contribution in [3.8, 4) is 6.07 Å². The van der Waals surface area contributed by atoms with E-state index in [1.165, 1.54) is 0 Å². The van der Waals surface area contributed by atoms with Crippen molar-refractivity contribution in [1.29, 1.82) is 5.26 Å². The molecule has 0 aliphatic carbocycles. The Labute approximate surface area is 83.4 Å². The predicted molar refractivity (Wildman–Crippen MR) is 34.4 cm³/mol. The Balaban J connectivity index is 0.000000810. The molecule has 1 aromatic carbocycles. The summed E-state index contributed by atoms with van der Waals surface area (Å²) in [6.45, 7) is 0. The monoisotopic (exact) mass is 355 g/mol. The molecule has 0 saturated carbocycles. The third-order valence-corrected chi connectivity index (χ3v) is 0.957. The van der Waals surface area contributed by atoms with Gasteiger partial charge in [-0.3, -0.25) is 5.26 Å².